The molecule has 3 rings (SSSR count). The summed E-state index contributed by atoms with van der Waals surface area (Å²) in [4.78, 5) is 14.1. The van der Waals surface area contributed by atoms with Crippen LogP contribution in [-0.4, -0.2) is 26.9 Å². The van der Waals surface area contributed by atoms with Gasteiger partial charge in [-0.05, 0) is 37.1 Å². The van der Waals surface area contributed by atoms with Gasteiger partial charge in [0.1, 0.15) is 4.21 Å². The van der Waals surface area contributed by atoms with Crippen molar-refractivity contribution in [1.29, 1.82) is 0 Å². The van der Waals surface area contributed by atoms with Gasteiger partial charge in [-0.3, -0.25) is 4.79 Å². The van der Waals surface area contributed by atoms with Crippen LogP contribution in [0.3, 0.4) is 0 Å². The SMILES string of the molecule is CC1Cc2ccccc2N1C(=O)CNS(=O)(=O)c1ccc(Cl)s1. The number of nitrogens with one attached hydrogen (secondary N) is 1. The van der Waals surface area contributed by atoms with Crippen LogP contribution < -0.4 is 9.62 Å². The van der Waals surface area contributed by atoms with Crippen molar-refractivity contribution >= 4 is 44.6 Å². The first-order chi connectivity index (χ1) is 10.9. The smallest absolute Gasteiger partial charge is 0.250 e. The summed E-state index contributed by atoms with van der Waals surface area (Å²) in [5.41, 5.74) is 1.95. The van der Waals surface area contributed by atoms with Crippen molar-refractivity contribution in [2.75, 3.05) is 11.4 Å². The quantitative estimate of drug-likeness (QED) is 0.899. The lowest BCUT2D eigenvalue weighted by molar-refractivity contribution is -0.117. The van der Waals surface area contributed by atoms with Gasteiger partial charge in [-0.2, -0.15) is 0 Å². The van der Waals surface area contributed by atoms with E-state index >= 15 is 0 Å². The summed E-state index contributed by atoms with van der Waals surface area (Å²) in [6.45, 7) is 1.67. The molecule has 1 amide bonds. The Bertz CT molecular complexity index is 848. The number of hydrogen-bond donors (Lipinski definition) is 1. The number of rotatable bonds is 4. The average Bonchev–Trinajstić information content (AvgIpc) is 3.08. The monoisotopic (exact) mass is 370 g/mol. The lowest BCUT2D eigenvalue weighted by atomic mass is 10.1. The molecule has 1 aliphatic heterocycles. The Morgan fingerprint density at radius 1 is 1.35 bits per heavy atom. The highest BCUT2D eigenvalue weighted by molar-refractivity contribution is 7.91. The van der Waals surface area contributed by atoms with Gasteiger partial charge in [0.2, 0.25) is 5.91 Å². The van der Waals surface area contributed by atoms with Crippen LogP contribution in [0.25, 0.3) is 0 Å². The van der Waals surface area contributed by atoms with Crippen LogP contribution >= 0.6 is 22.9 Å². The number of para-hydroxylation sites is 1. The molecule has 0 aliphatic carbocycles. The van der Waals surface area contributed by atoms with Crippen molar-refractivity contribution in [1.82, 2.24) is 4.72 Å². The van der Waals surface area contributed by atoms with Gasteiger partial charge >= 0.3 is 0 Å². The Morgan fingerprint density at radius 2 is 2.09 bits per heavy atom. The molecular weight excluding hydrogens is 356 g/mol. The molecule has 122 valence electrons. The number of fused-ring (bicyclic) bond motifs is 1. The fourth-order valence-corrected chi connectivity index (χ4v) is 5.20. The maximum absolute atomic E-state index is 12.5. The van der Waals surface area contributed by atoms with Crippen LogP contribution in [0.15, 0.2) is 40.6 Å². The van der Waals surface area contributed by atoms with Crippen LogP contribution in [-0.2, 0) is 21.2 Å². The number of nitrogens with zero attached hydrogens (tertiary/aromatic N) is 1. The highest BCUT2D eigenvalue weighted by Crippen LogP contribution is 2.31. The zero-order valence-electron chi connectivity index (χ0n) is 12.3. The molecule has 1 aromatic heterocycles. The third-order valence-electron chi connectivity index (χ3n) is 3.70. The van der Waals surface area contributed by atoms with E-state index in [9.17, 15) is 13.2 Å². The van der Waals surface area contributed by atoms with E-state index in [0.29, 0.717) is 4.34 Å². The lowest BCUT2D eigenvalue weighted by Gasteiger charge is -2.22. The molecule has 8 heteroatoms. The Balaban J connectivity index is 1.73. The van der Waals surface area contributed by atoms with Crippen LogP contribution in [0.2, 0.25) is 4.34 Å². The average molecular weight is 371 g/mol. The molecule has 0 fully saturated rings. The minimum absolute atomic E-state index is 0.0144. The van der Waals surface area contributed by atoms with Crippen molar-refractivity contribution in [3.8, 4) is 0 Å². The number of sulfonamides is 1. The van der Waals surface area contributed by atoms with E-state index in [2.05, 4.69) is 4.72 Å². The van der Waals surface area contributed by atoms with Crippen molar-refractivity contribution in [2.24, 2.45) is 0 Å². The largest absolute Gasteiger partial charge is 0.308 e. The van der Waals surface area contributed by atoms with Crippen molar-refractivity contribution < 1.29 is 13.2 Å². The maximum atomic E-state index is 12.5. The molecule has 1 unspecified atom stereocenters. The van der Waals surface area contributed by atoms with Crippen LogP contribution in [0.1, 0.15) is 12.5 Å². The Morgan fingerprint density at radius 3 is 2.78 bits per heavy atom. The Labute approximate surface area is 143 Å². The molecule has 1 N–H and O–H groups in total. The second kappa shape index (κ2) is 6.24. The summed E-state index contributed by atoms with van der Waals surface area (Å²) in [5, 5.41) is 0. The predicted molar refractivity (Wildman–Crippen MR) is 91.6 cm³/mol. The second-order valence-electron chi connectivity index (χ2n) is 5.33. The summed E-state index contributed by atoms with van der Waals surface area (Å²) in [7, 11) is -3.72. The van der Waals surface area contributed by atoms with Gasteiger partial charge in [0, 0.05) is 11.7 Å². The maximum Gasteiger partial charge on any atom is 0.250 e. The van der Waals surface area contributed by atoms with Crippen LogP contribution in [0, 0.1) is 0 Å². The van der Waals surface area contributed by atoms with Crippen LogP contribution in [0.5, 0.6) is 0 Å². The van der Waals surface area contributed by atoms with Crippen LogP contribution in [0.4, 0.5) is 5.69 Å². The molecule has 0 spiro atoms. The topological polar surface area (TPSA) is 66.5 Å². The molecule has 0 saturated heterocycles. The normalized spacial score (nSPS) is 17.3. The van der Waals surface area contributed by atoms with E-state index in [0.717, 1.165) is 29.0 Å². The Kier molecular flexibility index (Phi) is 4.46. The van der Waals surface area contributed by atoms with Gasteiger partial charge in [-0.1, -0.05) is 29.8 Å². The molecule has 1 atom stereocenters. The number of anilines is 1. The third-order valence-corrected chi connectivity index (χ3v) is 6.83. The van der Waals surface area contributed by atoms with E-state index in [1.807, 2.05) is 31.2 Å². The highest BCUT2D eigenvalue weighted by Gasteiger charge is 2.31. The van der Waals surface area contributed by atoms with Gasteiger partial charge in [0.15, 0.2) is 0 Å². The van der Waals surface area contributed by atoms with Crippen molar-refractivity contribution in [2.45, 2.75) is 23.6 Å². The number of thiophene rings is 1. The number of carbonyl (C=O) groups excluding carboxylic acids is 1. The van der Waals surface area contributed by atoms with E-state index < -0.39 is 10.0 Å². The summed E-state index contributed by atoms with van der Waals surface area (Å²) < 4.78 is 27.2. The zero-order valence-corrected chi connectivity index (χ0v) is 14.7. The van der Waals surface area contributed by atoms with Gasteiger partial charge < -0.3 is 4.90 Å². The minimum atomic E-state index is -3.72. The van der Waals surface area contributed by atoms with Gasteiger partial charge in [-0.25, -0.2) is 13.1 Å². The zero-order chi connectivity index (χ0) is 16.6. The van der Waals surface area contributed by atoms with Gasteiger partial charge in [-0.15, -0.1) is 11.3 Å². The molecule has 0 radical (unpaired) electrons. The molecule has 1 aliphatic rings. The first-order valence-corrected chi connectivity index (χ1v) is 9.71. The molecule has 1 aromatic carbocycles. The van der Waals surface area contributed by atoms with Crippen molar-refractivity contribution in [3.05, 3.63) is 46.3 Å². The molecule has 23 heavy (non-hydrogen) atoms. The summed E-state index contributed by atoms with van der Waals surface area (Å²) in [5.74, 6) is -0.270. The number of hydrogen-bond acceptors (Lipinski definition) is 4. The van der Waals surface area contributed by atoms with Gasteiger partial charge in [0.25, 0.3) is 10.0 Å². The van der Waals surface area contributed by atoms with E-state index in [4.69, 9.17) is 11.6 Å². The summed E-state index contributed by atoms with van der Waals surface area (Å²) >= 11 is 6.72. The van der Waals surface area contributed by atoms with E-state index in [-0.39, 0.29) is 22.7 Å². The summed E-state index contributed by atoms with van der Waals surface area (Å²) in [6.07, 6.45) is 0.773. The number of halogens is 1. The number of carbonyl (C=O) groups is 1. The molecular formula is C15H15ClN2O3S2. The molecule has 2 heterocycles. The first-order valence-electron chi connectivity index (χ1n) is 7.03. The standard InChI is InChI=1S/C15H15ClN2O3S2/c1-10-8-11-4-2-3-5-12(11)18(10)14(19)9-17-23(20,21)15-7-6-13(16)22-15/h2-7,10,17H,8-9H2,1H3. The number of amides is 1. The summed E-state index contributed by atoms with van der Waals surface area (Å²) in [6, 6.07) is 10.6. The lowest BCUT2D eigenvalue weighted by Crippen LogP contribution is -2.42. The first kappa shape index (κ1) is 16.4. The van der Waals surface area contributed by atoms with Crippen molar-refractivity contribution in [3.63, 3.8) is 0 Å². The van der Waals surface area contributed by atoms with E-state index in [1.54, 1.807) is 4.90 Å². The Hall–Kier alpha value is -1.41. The minimum Gasteiger partial charge on any atom is -0.308 e. The molecule has 2 aromatic rings. The molecule has 0 bridgehead atoms. The van der Waals surface area contributed by atoms with E-state index in [1.165, 1.54) is 12.1 Å². The highest BCUT2D eigenvalue weighted by atomic mass is 35.5. The third kappa shape index (κ3) is 3.28. The molecule has 5 nitrogen and oxygen atoms in total. The number of benzene rings is 1. The predicted octanol–water partition coefficient (Wildman–Crippen LogP) is 2.66. The second-order valence-corrected chi connectivity index (χ2v) is 9.04. The fourth-order valence-electron chi connectivity index (χ4n) is 2.70. The molecule has 0 saturated carbocycles. The van der Waals surface area contributed by atoms with Gasteiger partial charge in [0.05, 0.1) is 10.9 Å². The fraction of sp³-hybridized carbons (Fsp3) is 0.267.